The third kappa shape index (κ3) is 4.67. The van der Waals surface area contributed by atoms with E-state index in [2.05, 4.69) is 11.8 Å². The van der Waals surface area contributed by atoms with Crippen molar-refractivity contribution in [1.29, 1.82) is 0 Å². The molecule has 2 aromatic heterocycles. The van der Waals surface area contributed by atoms with Gasteiger partial charge in [0.2, 0.25) is 0 Å². The SMILES string of the molecule is C#Cc1c(C)n(S(=O)(=O)c2ccccc2)c2ccccc12.C#Cc1c(C)n(S(=O)(=O)c2ccccc2)c2ccccc12. The van der Waals surface area contributed by atoms with Gasteiger partial charge in [-0.15, -0.1) is 12.8 Å². The second-order valence-electron chi connectivity index (χ2n) is 9.41. The average Bonchev–Trinajstić information content (AvgIpc) is 3.47. The van der Waals surface area contributed by atoms with Crippen LogP contribution in [0.2, 0.25) is 0 Å². The number of fused-ring (bicyclic) bond motifs is 2. The normalized spacial score (nSPS) is 11.4. The summed E-state index contributed by atoms with van der Waals surface area (Å²) in [6, 6.07) is 31.2. The zero-order valence-corrected chi connectivity index (χ0v) is 24.5. The molecule has 0 radical (unpaired) electrons. The smallest absolute Gasteiger partial charge is 0.237 e. The molecule has 8 heteroatoms. The number of para-hydroxylation sites is 2. The Bertz CT molecular complexity index is 2090. The summed E-state index contributed by atoms with van der Waals surface area (Å²) < 4.78 is 54.2. The molecule has 0 unspecified atom stereocenters. The monoisotopic (exact) mass is 590 g/mol. The molecule has 0 bridgehead atoms. The number of hydrogen-bond donors (Lipinski definition) is 0. The molecule has 4 aromatic carbocycles. The van der Waals surface area contributed by atoms with Crippen molar-refractivity contribution in [2.24, 2.45) is 0 Å². The van der Waals surface area contributed by atoms with Crippen LogP contribution in [0.5, 0.6) is 0 Å². The van der Waals surface area contributed by atoms with E-state index in [1.165, 1.54) is 7.94 Å². The predicted octanol–water partition coefficient (Wildman–Crippen LogP) is 6.34. The summed E-state index contributed by atoms with van der Waals surface area (Å²) in [6.07, 6.45) is 11.1. The molecular formula is C34H26N2O4S2. The van der Waals surface area contributed by atoms with Crippen LogP contribution in [0, 0.1) is 38.5 Å². The Hall–Kier alpha value is -5.02. The van der Waals surface area contributed by atoms with Crippen molar-refractivity contribution in [3.8, 4) is 24.7 Å². The second-order valence-corrected chi connectivity index (χ2v) is 13.0. The minimum absolute atomic E-state index is 0.248. The number of terminal acetylenes is 2. The first-order valence-electron chi connectivity index (χ1n) is 12.9. The van der Waals surface area contributed by atoms with Crippen LogP contribution < -0.4 is 0 Å². The predicted molar refractivity (Wildman–Crippen MR) is 167 cm³/mol. The Morgan fingerprint density at radius 1 is 0.500 bits per heavy atom. The van der Waals surface area contributed by atoms with Gasteiger partial charge < -0.3 is 0 Å². The maximum absolute atomic E-state index is 12.9. The molecule has 0 aliphatic heterocycles. The van der Waals surface area contributed by atoms with Crippen molar-refractivity contribution in [2.75, 3.05) is 0 Å². The molecule has 0 atom stereocenters. The highest BCUT2D eigenvalue weighted by atomic mass is 32.2. The van der Waals surface area contributed by atoms with E-state index in [1.807, 2.05) is 24.3 Å². The van der Waals surface area contributed by atoms with Gasteiger partial charge >= 0.3 is 0 Å². The van der Waals surface area contributed by atoms with Gasteiger partial charge in [0.1, 0.15) is 0 Å². The van der Waals surface area contributed by atoms with E-state index in [1.54, 1.807) is 98.8 Å². The molecule has 0 saturated heterocycles. The number of aromatic nitrogens is 2. The molecule has 6 aromatic rings. The van der Waals surface area contributed by atoms with Gasteiger partial charge in [0, 0.05) is 22.2 Å². The minimum Gasteiger partial charge on any atom is -0.237 e. The van der Waals surface area contributed by atoms with Crippen LogP contribution in [-0.2, 0) is 20.0 Å². The van der Waals surface area contributed by atoms with Crippen LogP contribution in [0.1, 0.15) is 22.5 Å². The highest BCUT2D eigenvalue weighted by Crippen LogP contribution is 2.30. The molecule has 0 N–H and O–H groups in total. The Kier molecular flexibility index (Phi) is 7.53. The molecule has 0 fully saturated rings. The Morgan fingerprint density at radius 2 is 0.810 bits per heavy atom. The zero-order valence-electron chi connectivity index (χ0n) is 22.9. The molecule has 0 amide bonds. The third-order valence-electron chi connectivity index (χ3n) is 6.97. The number of hydrogen-bond acceptors (Lipinski definition) is 4. The lowest BCUT2D eigenvalue weighted by atomic mass is 10.1. The van der Waals surface area contributed by atoms with Crippen molar-refractivity contribution < 1.29 is 16.8 Å². The Balaban J connectivity index is 0.000000168. The number of benzene rings is 4. The van der Waals surface area contributed by atoms with Crippen molar-refractivity contribution in [2.45, 2.75) is 23.6 Å². The Morgan fingerprint density at radius 3 is 1.14 bits per heavy atom. The summed E-state index contributed by atoms with van der Waals surface area (Å²) in [6.45, 7) is 3.46. The van der Waals surface area contributed by atoms with Gasteiger partial charge in [0.25, 0.3) is 20.0 Å². The molecule has 0 aliphatic rings. The van der Waals surface area contributed by atoms with Gasteiger partial charge in [-0.25, -0.2) is 24.8 Å². The fourth-order valence-corrected chi connectivity index (χ4v) is 8.22. The summed E-state index contributed by atoms with van der Waals surface area (Å²) in [5, 5.41) is 1.55. The van der Waals surface area contributed by atoms with E-state index in [0.717, 1.165) is 10.8 Å². The van der Waals surface area contributed by atoms with Gasteiger partial charge in [0.15, 0.2) is 0 Å². The third-order valence-corrected chi connectivity index (χ3v) is 10.6. The van der Waals surface area contributed by atoms with Crippen molar-refractivity contribution >= 4 is 41.9 Å². The molecule has 208 valence electrons. The zero-order chi connectivity index (χ0) is 30.1. The van der Waals surface area contributed by atoms with Crippen LogP contribution >= 0.6 is 0 Å². The first-order valence-corrected chi connectivity index (χ1v) is 15.8. The lowest BCUT2D eigenvalue weighted by Gasteiger charge is -2.09. The van der Waals surface area contributed by atoms with E-state index in [0.29, 0.717) is 33.5 Å². The van der Waals surface area contributed by atoms with Crippen molar-refractivity contribution in [3.05, 3.63) is 132 Å². The summed E-state index contributed by atoms with van der Waals surface area (Å²) in [7, 11) is -7.33. The average molecular weight is 591 g/mol. The minimum atomic E-state index is -3.66. The summed E-state index contributed by atoms with van der Waals surface area (Å²) in [5.74, 6) is 5.19. The molecule has 42 heavy (non-hydrogen) atoms. The highest BCUT2D eigenvalue weighted by Gasteiger charge is 2.25. The topological polar surface area (TPSA) is 78.1 Å². The first-order chi connectivity index (χ1) is 20.1. The van der Waals surface area contributed by atoms with Crippen molar-refractivity contribution in [1.82, 2.24) is 7.94 Å². The second kappa shape index (κ2) is 11.1. The van der Waals surface area contributed by atoms with Crippen molar-refractivity contribution in [3.63, 3.8) is 0 Å². The van der Waals surface area contributed by atoms with Gasteiger partial charge in [-0.05, 0) is 50.2 Å². The fraction of sp³-hybridized carbons (Fsp3) is 0.0588. The Labute approximate surface area is 246 Å². The standard InChI is InChI=1S/2C17H13NO2S/c2*1-3-15-13(2)18(17-12-8-7-11-16(15)17)21(19,20)14-9-5-4-6-10-14/h2*1,4-12H,2H3. The lowest BCUT2D eigenvalue weighted by Crippen LogP contribution is -2.14. The molecular weight excluding hydrogens is 565 g/mol. The largest absolute Gasteiger partial charge is 0.268 e. The van der Waals surface area contributed by atoms with E-state index in [-0.39, 0.29) is 9.79 Å². The van der Waals surface area contributed by atoms with Gasteiger partial charge in [-0.2, -0.15) is 0 Å². The van der Waals surface area contributed by atoms with E-state index in [9.17, 15) is 16.8 Å². The maximum atomic E-state index is 12.9. The quantitative estimate of drug-likeness (QED) is 0.225. The molecule has 2 heterocycles. The van der Waals surface area contributed by atoms with E-state index < -0.39 is 20.0 Å². The molecule has 6 rings (SSSR count). The molecule has 0 spiro atoms. The van der Waals surface area contributed by atoms with E-state index in [4.69, 9.17) is 12.8 Å². The van der Waals surface area contributed by atoms with Gasteiger partial charge in [0.05, 0.1) is 32.0 Å². The van der Waals surface area contributed by atoms with Gasteiger partial charge in [-0.1, -0.05) is 84.6 Å². The summed E-state index contributed by atoms with van der Waals surface area (Å²) in [4.78, 5) is 0.495. The maximum Gasteiger partial charge on any atom is 0.268 e. The van der Waals surface area contributed by atoms with Gasteiger partial charge in [-0.3, -0.25) is 0 Å². The number of nitrogens with zero attached hydrogens (tertiary/aromatic N) is 2. The fourth-order valence-electron chi connectivity index (χ4n) is 5.06. The molecule has 6 nitrogen and oxygen atoms in total. The van der Waals surface area contributed by atoms with Crippen LogP contribution in [0.15, 0.2) is 119 Å². The highest BCUT2D eigenvalue weighted by molar-refractivity contribution is 7.90. The van der Waals surface area contributed by atoms with Crippen LogP contribution in [-0.4, -0.2) is 24.8 Å². The van der Waals surface area contributed by atoms with E-state index >= 15 is 0 Å². The lowest BCUT2D eigenvalue weighted by molar-refractivity contribution is 0.586. The van der Waals surface area contributed by atoms with Crippen LogP contribution in [0.4, 0.5) is 0 Å². The number of rotatable bonds is 4. The summed E-state index contributed by atoms with van der Waals surface area (Å²) >= 11 is 0. The van der Waals surface area contributed by atoms with Crippen LogP contribution in [0.25, 0.3) is 21.8 Å². The summed E-state index contributed by atoms with van der Waals surface area (Å²) in [5.41, 5.74) is 3.55. The molecule has 0 saturated carbocycles. The van der Waals surface area contributed by atoms with Crippen LogP contribution in [0.3, 0.4) is 0 Å². The molecule has 0 aliphatic carbocycles. The first kappa shape index (κ1) is 28.5.